The van der Waals surface area contributed by atoms with E-state index in [1.807, 2.05) is 0 Å². The Morgan fingerprint density at radius 1 is 1.75 bits per heavy atom. The molecule has 0 unspecified atom stereocenters. The summed E-state index contributed by atoms with van der Waals surface area (Å²) < 4.78 is 9.21. The van der Waals surface area contributed by atoms with Crippen molar-refractivity contribution in [2.24, 2.45) is 5.92 Å². The highest BCUT2D eigenvalue weighted by molar-refractivity contribution is 5.72. The van der Waals surface area contributed by atoms with Gasteiger partial charge in [0.1, 0.15) is 0 Å². The van der Waals surface area contributed by atoms with Crippen molar-refractivity contribution in [3.63, 3.8) is 0 Å². The van der Waals surface area contributed by atoms with Crippen LogP contribution in [0.3, 0.4) is 0 Å². The molecule has 0 bridgehead atoms. The molecule has 0 aromatic rings. The molecule has 0 aliphatic carbocycles. The highest BCUT2D eigenvalue weighted by Crippen LogP contribution is 2.19. The zero-order chi connectivity index (χ0) is 8.97. The van der Waals surface area contributed by atoms with E-state index in [-0.39, 0.29) is 17.9 Å². The van der Waals surface area contributed by atoms with Gasteiger partial charge in [0.25, 0.3) is 0 Å². The van der Waals surface area contributed by atoms with Crippen molar-refractivity contribution < 1.29 is 19.1 Å². The molecule has 1 aliphatic heterocycles. The summed E-state index contributed by atoms with van der Waals surface area (Å²) in [5.41, 5.74) is 0. The molecule has 0 N–H and O–H groups in total. The number of ether oxygens (including phenoxy) is 2. The van der Waals surface area contributed by atoms with Crippen LogP contribution in [-0.2, 0) is 19.1 Å². The Kier molecular flexibility index (Phi) is 3.08. The number of esters is 2. The van der Waals surface area contributed by atoms with Crippen LogP contribution < -0.4 is 0 Å². The van der Waals surface area contributed by atoms with Crippen LogP contribution >= 0.6 is 0 Å². The normalized spacial score (nSPS) is 22.1. The minimum absolute atomic E-state index is 0.162. The van der Waals surface area contributed by atoms with E-state index in [1.165, 1.54) is 7.11 Å². The summed E-state index contributed by atoms with van der Waals surface area (Å²) in [5, 5.41) is 0. The molecule has 4 heteroatoms. The van der Waals surface area contributed by atoms with Gasteiger partial charge in [-0.15, -0.1) is 0 Å². The van der Waals surface area contributed by atoms with E-state index in [0.29, 0.717) is 25.9 Å². The van der Waals surface area contributed by atoms with Gasteiger partial charge in [-0.05, 0) is 6.42 Å². The van der Waals surface area contributed by atoms with Gasteiger partial charge in [0.2, 0.25) is 0 Å². The summed E-state index contributed by atoms with van der Waals surface area (Å²) in [6, 6.07) is 0. The van der Waals surface area contributed by atoms with Crippen LogP contribution in [0.25, 0.3) is 0 Å². The Hall–Kier alpha value is -1.06. The van der Waals surface area contributed by atoms with Gasteiger partial charge < -0.3 is 9.47 Å². The average molecular weight is 172 g/mol. The van der Waals surface area contributed by atoms with Crippen molar-refractivity contribution in [1.82, 2.24) is 0 Å². The second-order valence-corrected chi connectivity index (χ2v) is 2.87. The first-order valence-electron chi connectivity index (χ1n) is 3.95. The Bertz CT molecular complexity index is 187. The molecule has 4 nitrogen and oxygen atoms in total. The van der Waals surface area contributed by atoms with Gasteiger partial charge in [-0.2, -0.15) is 0 Å². The maximum Gasteiger partial charge on any atom is 0.306 e. The Morgan fingerprint density at radius 2 is 2.50 bits per heavy atom. The van der Waals surface area contributed by atoms with Gasteiger partial charge in [-0.25, -0.2) is 0 Å². The first-order chi connectivity index (χ1) is 5.72. The molecule has 0 amide bonds. The molecule has 0 saturated carbocycles. The summed E-state index contributed by atoms with van der Waals surface area (Å²) >= 11 is 0. The molecule has 0 aromatic heterocycles. The molecule has 0 radical (unpaired) electrons. The third kappa shape index (κ3) is 2.53. The van der Waals surface area contributed by atoms with E-state index in [9.17, 15) is 9.59 Å². The predicted octanol–water partition coefficient (Wildman–Crippen LogP) is 0.503. The Balaban J connectivity index is 2.16. The lowest BCUT2D eigenvalue weighted by atomic mass is 10.0. The van der Waals surface area contributed by atoms with Gasteiger partial charge in [-0.3, -0.25) is 9.59 Å². The van der Waals surface area contributed by atoms with Gasteiger partial charge >= 0.3 is 11.9 Å². The van der Waals surface area contributed by atoms with Crippen LogP contribution in [0.15, 0.2) is 0 Å². The average Bonchev–Trinajstić information content (AvgIpc) is 2.47. The number of cyclic esters (lactones) is 1. The molecule has 1 rings (SSSR count). The number of rotatable bonds is 3. The second kappa shape index (κ2) is 4.09. The molecule has 68 valence electrons. The van der Waals surface area contributed by atoms with E-state index in [4.69, 9.17) is 4.74 Å². The molecule has 0 aromatic carbocycles. The quantitative estimate of drug-likeness (QED) is 0.582. The maximum atomic E-state index is 10.7. The lowest BCUT2D eigenvalue weighted by Gasteiger charge is -2.03. The maximum absolute atomic E-state index is 10.7. The largest absolute Gasteiger partial charge is 0.469 e. The van der Waals surface area contributed by atoms with Crippen molar-refractivity contribution in [3.05, 3.63) is 0 Å². The minimum atomic E-state index is -0.227. The first-order valence-corrected chi connectivity index (χ1v) is 3.95. The van der Waals surface area contributed by atoms with Crippen molar-refractivity contribution >= 4 is 11.9 Å². The van der Waals surface area contributed by atoms with Gasteiger partial charge in [0, 0.05) is 12.3 Å². The SMILES string of the molecule is COC(=O)CC[C@H]1COC(=O)C1. The van der Waals surface area contributed by atoms with Crippen molar-refractivity contribution in [1.29, 1.82) is 0 Å². The summed E-state index contributed by atoms with van der Waals surface area (Å²) in [6.07, 6.45) is 1.49. The smallest absolute Gasteiger partial charge is 0.306 e. The summed E-state index contributed by atoms with van der Waals surface area (Å²) in [7, 11) is 1.36. The fraction of sp³-hybridized carbons (Fsp3) is 0.750. The Labute approximate surface area is 70.8 Å². The summed E-state index contributed by atoms with van der Waals surface area (Å²) in [6.45, 7) is 0.454. The lowest BCUT2D eigenvalue weighted by Crippen LogP contribution is -2.05. The zero-order valence-corrected chi connectivity index (χ0v) is 7.04. The topological polar surface area (TPSA) is 52.6 Å². The van der Waals surface area contributed by atoms with Gasteiger partial charge in [-0.1, -0.05) is 0 Å². The molecular formula is C8H12O4. The van der Waals surface area contributed by atoms with Crippen LogP contribution in [0.2, 0.25) is 0 Å². The minimum Gasteiger partial charge on any atom is -0.469 e. The van der Waals surface area contributed by atoms with E-state index < -0.39 is 0 Å². The molecule has 1 heterocycles. The van der Waals surface area contributed by atoms with Gasteiger partial charge in [0.05, 0.1) is 20.1 Å². The van der Waals surface area contributed by atoms with E-state index in [2.05, 4.69) is 4.74 Å². The molecule has 1 aliphatic rings. The summed E-state index contributed by atoms with van der Waals surface area (Å²) in [5.74, 6) is -0.184. The highest BCUT2D eigenvalue weighted by atomic mass is 16.5. The third-order valence-electron chi connectivity index (χ3n) is 1.92. The molecule has 1 saturated heterocycles. The van der Waals surface area contributed by atoms with Crippen molar-refractivity contribution in [2.45, 2.75) is 19.3 Å². The van der Waals surface area contributed by atoms with E-state index in [1.54, 1.807) is 0 Å². The number of methoxy groups -OCH3 is 1. The molecule has 12 heavy (non-hydrogen) atoms. The fourth-order valence-corrected chi connectivity index (χ4v) is 1.17. The van der Waals surface area contributed by atoms with Crippen LogP contribution in [0, 0.1) is 5.92 Å². The number of hydrogen-bond donors (Lipinski definition) is 0. The monoisotopic (exact) mass is 172 g/mol. The van der Waals surface area contributed by atoms with Crippen LogP contribution in [0.1, 0.15) is 19.3 Å². The third-order valence-corrected chi connectivity index (χ3v) is 1.92. The molecule has 0 spiro atoms. The second-order valence-electron chi connectivity index (χ2n) is 2.87. The zero-order valence-electron chi connectivity index (χ0n) is 7.04. The molecule has 1 atom stereocenters. The standard InChI is InChI=1S/C8H12O4/c1-11-7(9)3-2-6-4-8(10)12-5-6/h6H,2-5H2,1H3/t6-/m1/s1. The van der Waals surface area contributed by atoms with E-state index in [0.717, 1.165) is 0 Å². The first kappa shape index (κ1) is 9.03. The summed E-state index contributed by atoms with van der Waals surface area (Å²) in [4.78, 5) is 21.3. The molecular weight excluding hydrogens is 160 g/mol. The Morgan fingerprint density at radius 3 is 3.00 bits per heavy atom. The van der Waals surface area contributed by atoms with Gasteiger partial charge in [0.15, 0.2) is 0 Å². The lowest BCUT2D eigenvalue weighted by molar-refractivity contribution is -0.141. The van der Waals surface area contributed by atoms with Crippen molar-refractivity contribution in [3.8, 4) is 0 Å². The fourth-order valence-electron chi connectivity index (χ4n) is 1.17. The number of carbonyl (C=O) groups is 2. The van der Waals surface area contributed by atoms with E-state index >= 15 is 0 Å². The molecule has 1 fully saturated rings. The van der Waals surface area contributed by atoms with Crippen LogP contribution in [0.5, 0.6) is 0 Å². The predicted molar refractivity (Wildman–Crippen MR) is 40.3 cm³/mol. The number of hydrogen-bond acceptors (Lipinski definition) is 4. The number of carbonyl (C=O) groups excluding carboxylic acids is 2. The van der Waals surface area contributed by atoms with Crippen LogP contribution in [-0.4, -0.2) is 25.7 Å². The highest BCUT2D eigenvalue weighted by Gasteiger charge is 2.23. The van der Waals surface area contributed by atoms with Crippen LogP contribution in [0.4, 0.5) is 0 Å². The van der Waals surface area contributed by atoms with Crippen molar-refractivity contribution in [2.75, 3.05) is 13.7 Å².